The van der Waals surface area contributed by atoms with Crippen LogP contribution in [0.5, 0.6) is 0 Å². The summed E-state index contributed by atoms with van der Waals surface area (Å²) in [4.78, 5) is 7.45. The lowest BCUT2D eigenvalue weighted by molar-refractivity contribution is 0.219. The number of hydrogen-bond acceptors (Lipinski definition) is 5. The lowest BCUT2D eigenvalue weighted by Crippen LogP contribution is -1.92. The minimum absolute atomic E-state index is 0.253. The molecule has 0 bridgehead atoms. The normalized spacial score (nSPS) is 12.1. The summed E-state index contributed by atoms with van der Waals surface area (Å²) in [6.45, 7) is 3.93. The van der Waals surface area contributed by atoms with E-state index in [0.29, 0.717) is 5.69 Å². The molecule has 0 N–H and O–H groups in total. The highest BCUT2D eigenvalue weighted by molar-refractivity contribution is 7.52. The van der Waals surface area contributed by atoms with Crippen LogP contribution in [-0.2, 0) is 13.6 Å². The highest BCUT2D eigenvalue weighted by Crippen LogP contribution is 2.50. The number of aromatic nitrogens is 1. The van der Waals surface area contributed by atoms with Gasteiger partial charge >= 0.3 is 7.75 Å². The molecule has 7 heteroatoms. The van der Waals surface area contributed by atoms with Crippen molar-refractivity contribution >= 4 is 13.4 Å². The van der Waals surface area contributed by atoms with Crippen LogP contribution in [0.3, 0.4) is 0 Å². The minimum atomic E-state index is -3.45. The molecule has 6 nitrogen and oxygen atoms in total. The fourth-order valence-corrected chi connectivity index (χ4v) is 1.98. The molecular formula is C9H14N3O3P. The van der Waals surface area contributed by atoms with Gasteiger partial charge in [-0.25, -0.2) is 4.57 Å². The quantitative estimate of drug-likeness (QED) is 0.567. The Morgan fingerprint density at radius 2 is 2.06 bits per heavy atom. The average Bonchev–Trinajstić information content (AvgIpc) is 2.29. The van der Waals surface area contributed by atoms with Gasteiger partial charge in [-0.1, -0.05) is 4.88 Å². The van der Waals surface area contributed by atoms with Gasteiger partial charge in [0.2, 0.25) is 0 Å². The van der Waals surface area contributed by atoms with Crippen LogP contribution in [0.2, 0.25) is 0 Å². The summed E-state index contributed by atoms with van der Waals surface area (Å²) in [5.41, 5.74) is 0.502. The zero-order chi connectivity index (χ0) is 11.9. The van der Waals surface area contributed by atoms with Gasteiger partial charge in [-0.15, -0.1) is 5.11 Å². The predicted molar refractivity (Wildman–Crippen MR) is 59.6 cm³/mol. The molecule has 0 spiro atoms. The number of pyridine rings is 1. The fourth-order valence-electron chi connectivity index (χ4n) is 0.935. The molecule has 88 valence electrons. The summed E-state index contributed by atoms with van der Waals surface area (Å²) in [7, 11) is -3.45. The first-order chi connectivity index (χ1) is 7.70. The van der Waals surface area contributed by atoms with Crippen molar-refractivity contribution in [2.45, 2.75) is 13.8 Å². The molecule has 0 aliphatic carbocycles. The summed E-state index contributed by atoms with van der Waals surface area (Å²) < 4.78 is 21.7. The van der Waals surface area contributed by atoms with E-state index < -0.39 is 7.75 Å². The van der Waals surface area contributed by atoms with Crippen molar-refractivity contribution in [1.82, 2.24) is 4.98 Å². The van der Waals surface area contributed by atoms with Crippen molar-refractivity contribution < 1.29 is 13.6 Å². The second-order valence-corrected chi connectivity index (χ2v) is 4.34. The van der Waals surface area contributed by atoms with Gasteiger partial charge in [0, 0.05) is 6.20 Å². The smallest absolute Gasteiger partial charge is 0.290 e. The maximum atomic E-state index is 11.9. The van der Waals surface area contributed by atoms with Gasteiger partial charge in [-0.2, -0.15) is 0 Å². The zero-order valence-corrected chi connectivity index (χ0v) is 10.1. The second-order valence-electron chi connectivity index (χ2n) is 2.70. The van der Waals surface area contributed by atoms with Gasteiger partial charge in [0.1, 0.15) is 5.69 Å². The van der Waals surface area contributed by atoms with Gasteiger partial charge in [-0.3, -0.25) is 14.0 Å². The Hall–Kier alpha value is -1.10. The van der Waals surface area contributed by atoms with E-state index >= 15 is 0 Å². The summed E-state index contributed by atoms with van der Waals surface area (Å²) in [6, 6.07) is 3.40. The molecule has 1 heterocycles. The maximum absolute atomic E-state index is 11.9. The molecule has 0 aliphatic rings. The fraction of sp³-hybridized carbons (Fsp3) is 0.444. The third kappa shape index (κ3) is 4.18. The van der Waals surface area contributed by atoms with Crippen LogP contribution in [0, 0.1) is 0 Å². The topological polar surface area (TPSA) is 73.1 Å². The van der Waals surface area contributed by atoms with Gasteiger partial charge < -0.3 is 0 Å². The van der Waals surface area contributed by atoms with Crippen LogP contribution in [0.4, 0.5) is 5.69 Å². The predicted octanol–water partition coefficient (Wildman–Crippen LogP) is 3.35. The second kappa shape index (κ2) is 6.48. The maximum Gasteiger partial charge on any atom is 0.472 e. The van der Waals surface area contributed by atoms with Crippen molar-refractivity contribution in [2.24, 2.45) is 10.00 Å². The molecule has 0 saturated heterocycles. The largest absolute Gasteiger partial charge is 0.472 e. The molecule has 0 atom stereocenters. The molecule has 1 aromatic heterocycles. The van der Waals surface area contributed by atoms with Crippen molar-refractivity contribution in [1.29, 1.82) is 0 Å². The van der Waals surface area contributed by atoms with Crippen molar-refractivity contribution in [3.8, 4) is 0 Å². The number of nitrogens with zero attached hydrogens (tertiary/aromatic N) is 3. The van der Waals surface area contributed by atoms with E-state index in [0.717, 1.165) is 0 Å². The molecule has 16 heavy (non-hydrogen) atoms. The molecule has 0 aromatic carbocycles. The summed E-state index contributed by atoms with van der Waals surface area (Å²) in [5.74, 6) is 0. The Balaban J connectivity index is 2.75. The van der Waals surface area contributed by atoms with Crippen LogP contribution >= 0.6 is 7.75 Å². The molecule has 0 saturated carbocycles. The standard InChI is InChI=1S/C9H14N3O3P/c1-3-14-16(13,15-4-2)12-11-9-6-5-7-10-8-9/h5-8H,3-4H2,1-2H3. The molecule has 0 radical (unpaired) electrons. The molecule has 1 rings (SSSR count). The van der Waals surface area contributed by atoms with E-state index in [1.807, 2.05) is 0 Å². The summed E-state index contributed by atoms with van der Waals surface area (Å²) in [6.07, 6.45) is 3.12. The van der Waals surface area contributed by atoms with Gasteiger partial charge in [-0.05, 0) is 26.0 Å². The lowest BCUT2D eigenvalue weighted by Gasteiger charge is -2.09. The highest BCUT2D eigenvalue weighted by Gasteiger charge is 2.22. The third-order valence-corrected chi connectivity index (χ3v) is 2.98. The van der Waals surface area contributed by atoms with Crippen LogP contribution in [0.25, 0.3) is 0 Å². The van der Waals surface area contributed by atoms with E-state index in [-0.39, 0.29) is 13.2 Å². The minimum Gasteiger partial charge on any atom is -0.290 e. The average molecular weight is 243 g/mol. The van der Waals surface area contributed by atoms with Crippen LogP contribution in [-0.4, -0.2) is 18.2 Å². The lowest BCUT2D eigenvalue weighted by atomic mass is 10.4. The first-order valence-corrected chi connectivity index (χ1v) is 6.42. The Labute approximate surface area is 94.3 Å². The number of rotatable bonds is 6. The van der Waals surface area contributed by atoms with Crippen molar-refractivity contribution in [3.63, 3.8) is 0 Å². The molecule has 0 fully saturated rings. The third-order valence-electron chi connectivity index (χ3n) is 1.50. The summed E-state index contributed by atoms with van der Waals surface area (Å²) >= 11 is 0. The zero-order valence-electron chi connectivity index (χ0n) is 9.24. The molecule has 0 aliphatic heterocycles. The number of hydrogen-bond donors (Lipinski definition) is 0. The molecule has 1 aromatic rings. The van der Waals surface area contributed by atoms with Crippen molar-refractivity contribution in [3.05, 3.63) is 24.5 Å². The molecule has 0 amide bonds. The van der Waals surface area contributed by atoms with E-state index in [1.165, 1.54) is 6.20 Å². The molecule has 0 unspecified atom stereocenters. The van der Waals surface area contributed by atoms with E-state index in [9.17, 15) is 4.57 Å². The Kier molecular flexibility index (Phi) is 5.25. The Bertz CT molecular complexity index is 373. The van der Waals surface area contributed by atoms with Crippen LogP contribution < -0.4 is 0 Å². The first-order valence-electron chi connectivity index (χ1n) is 4.92. The molecular weight excluding hydrogens is 229 g/mol. The Morgan fingerprint density at radius 3 is 2.56 bits per heavy atom. The van der Waals surface area contributed by atoms with Gasteiger partial charge in [0.15, 0.2) is 0 Å². The monoisotopic (exact) mass is 243 g/mol. The van der Waals surface area contributed by atoms with Gasteiger partial charge in [0.25, 0.3) is 0 Å². The van der Waals surface area contributed by atoms with E-state index in [2.05, 4.69) is 15.0 Å². The Morgan fingerprint density at radius 1 is 1.38 bits per heavy atom. The first kappa shape index (κ1) is 13.0. The highest BCUT2D eigenvalue weighted by atomic mass is 31.2. The van der Waals surface area contributed by atoms with Gasteiger partial charge in [0.05, 0.1) is 19.4 Å². The summed E-state index contributed by atoms with van der Waals surface area (Å²) in [5, 5.41) is 3.76. The van der Waals surface area contributed by atoms with Crippen molar-refractivity contribution in [2.75, 3.05) is 13.2 Å². The van der Waals surface area contributed by atoms with E-state index in [4.69, 9.17) is 9.05 Å². The van der Waals surface area contributed by atoms with Crippen LogP contribution in [0.1, 0.15) is 13.8 Å². The SMILES string of the molecule is CCOP(=O)(N=Nc1cccnc1)OCC. The van der Waals surface area contributed by atoms with E-state index in [1.54, 1.807) is 32.2 Å². The van der Waals surface area contributed by atoms with Crippen LogP contribution in [0.15, 0.2) is 34.5 Å².